The Morgan fingerprint density at radius 1 is 1.11 bits per heavy atom. The molecule has 0 aromatic heterocycles. The summed E-state index contributed by atoms with van der Waals surface area (Å²) in [7, 11) is 0. The summed E-state index contributed by atoms with van der Waals surface area (Å²) >= 11 is 3.42. The fourth-order valence-corrected chi connectivity index (χ4v) is 2.49. The molecule has 19 heavy (non-hydrogen) atoms. The number of hydrogen-bond acceptors (Lipinski definition) is 3. The molecule has 2 rings (SSSR count). The first-order chi connectivity index (χ1) is 9.38. The van der Waals surface area contributed by atoms with Crippen LogP contribution in [-0.2, 0) is 11.3 Å². The van der Waals surface area contributed by atoms with Crippen molar-refractivity contribution in [3.05, 3.63) is 29.8 Å². The van der Waals surface area contributed by atoms with Crippen LogP contribution in [0.25, 0.3) is 0 Å². The van der Waals surface area contributed by atoms with Crippen molar-refractivity contribution in [2.45, 2.75) is 19.4 Å². The molecule has 1 heterocycles. The van der Waals surface area contributed by atoms with Crippen molar-refractivity contribution in [1.82, 2.24) is 4.90 Å². The van der Waals surface area contributed by atoms with Crippen molar-refractivity contribution in [1.29, 1.82) is 0 Å². The summed E-state index contributed by atoms with van der Waals surface area (Å²) < 4.78 is 11.1. The number of benzene rings is 1. The highest BCUT2D eigenvalue weighted by Crippen LogP contribution is 2.14. The smallest absolute Gasteiger partial charge is 0.119 e. The Balaban J connectivity index is 1.74. The van der Waals surface area contributed by atoms with E-state index in [1.165, 1.54) is 5.56 Å². The van der Waals surface area contributed by atoms with Gasteiger partial charge in [-0.1, -0.05) is 28.1 Å². The van der Waals surface area contributed by atoms with Crippen molar-refractivity contribution in [2.24, 2.45) is 0 Å². The van der Waals surface area contributed by atoms with Gasteiger partial charge in [-0.3, -0.25) is 4.90 Å². The monoisotopic (exact) mass is 327 g/mol. The predicted octanol–water partition coefficient (Wildman–Crippen LogP) is 3.07. The lowest BCUT2D eigenvalue weighted by atomic mass is 10.2. The van der Waals surface area contributed by atoms with Crippen molar-refractivity contribution >= 4 is 15.9 Å². The van der Waals surface area contributed by atoms with E-state index >= 15 is 0 Å². The van der Waals surface area contributed by atoms with Crippen LogP contribution in [0.3, 0.4) is 0 Å². The third kappa shape index (κ3) is 5.51. The Labute approximate surface area is 124 Å². The van der Waals surface area contributed by atoms with Gasteiger partial charge in [0, 0.05) is 25.0 Å². The van der Waals surface area contributed by atoms with E-state index in [0.29, 0.717) is 0 Å². The number of morpholine rings is 1. The highest BCUT2D eigenvalue weighted by molar-refractivity contribution is 9.09. The van der Waals surface area contributed by atoms with E-state index in [9.17, 15) is 0 Å². The van der Waals surface area contributed by atoms with Gasteiger partial charge in [-0.25, -0.2) is 0 Å². The second-order valence-corrected chi connectivity index (χ2v) is 5.57. The van der Waals surface area contributed by atoms with Crippen molar-refractivity contribution in [3.63, 3.8) is 0 Å². The van der Waals surface area contributed by atoms with Crippen LogP contribution in [0.5, 0.6) is 5.75 Å². The maximum Gasteiger partial charge on any atom is 0.119 e. The molecule has 0 aliphatic carbocycles. The summed E-state index contributed by atoms with van der Waals surface area (Å²) in [6, 6.07) is 8.47. The summed E-state index contributed by atoms with van der Waals surface area (Å²) in [6.07, 6.45) is 2.26. The van der Waals surface area contributed by atoms with E-state index in [1.54, 1.807) is 0 Å². The topological polar surface area (TPSA) is 21.7 Å². The lowest BCUT2D eigenvalue weighted by molar-refractivity contribution is 0.0342. The minimum absolute atomic E-state index is 0.800. The van der Waals surface area contributed by atoms with Gasteiger partial charge in [0.1, 0.15) is 5.75 Å². The Kier molecular flexibility index (Phi) is 6.68. The third-order valence-corrected chi connectivity index (χ3v) is 3.79. The summed E-state index contributed by atoms with van der Waals surface area (Å²) in [5, 5.41) is 1.05. The van der Waals surface area contributed by atoms with Gasteiger partial charge in [-0.05, 0) is 30.5 Å². The predicted molar refractivity (Wildman–Crippen MR) is 81.1 cm³/mol. The normalized spacial score (nSPS) is 16.5. The molecule has 3 nitrogen and oxygen atoms in total. The summed E-state index contributed by atoms with van der Waals surface area (Å²) in [4.78, 5) is 2.43. The molecule has 0 bridgehead atoms. The average molecular weight is 328 g/mol. The molecule has 4 heteroatoms. The van der Waals surface area contributed by atoms with E-state index < -0.39 is 0 Å². The molecule has 1 fully saturated rings. The van der Waals surface area contributed by atoms with Crippen LogP contribution in [0, 0.1) is 0 Å². The first-order valence-corrected chi connectivity index (χ1v) is 8.08. The molecule has 0 atom stereocenters. The molecule has 0 N–H and O–H groups in total. The van der Waals surface area contributed by atoms with Crippen LogP contribution in [0.1, 0.15) is 18.4 Å². The largest absolute Gasteiger partial charge is 0.494 e. The minimum atomic E-state index is 0.800. The SMILES string of the molecule is BrCCCCOc1ccc(CN2CCOCC2)cc1. The molecule has 0 unspecified atom stereocenters. The van der Waals surface area contributed by atoms with Crippen molar-refractivity contribution in [2.75, 3.05) is 38.2 Å². The maximum absolute atomic E-state index is 5.70. The van der Waals surface area contributed by atoms with Gasteiger partial charge in [0.15, 0.2) is 0 Å². The van der Waals surface area contributed by atoms with Crippen molar-refractivity contribution < 1.29 is 9.47 Å². The molecule has 0 spiro atoms. The average Bonchev–Trinajstić information content (AvgIpc) is 2.46. The van der Waals surface area contributed by atoms with Crippen molar-refractivity contribution in [3.8, 4) is 5.75 Å². The Bertz CT molecular complexity index is 350. The molecule has 1 aliphatic rings. The Hall–Kier alpha value is -0.580. The Morgan fingerprint density at radius 2 is 1.84 bits per heavy atom. The van der Waals surface area contributed by atoms with Crippen LogP contribution in [0.2, 0.25) is 0 Å². The van der Waals surface area contributed by atoms with Gasteiger partial charge in [0.05, 0.1) is 19.8 Å². The van der Waals surface area contributed by atoms with Crippen LogP contribution in [0.4, 0.5) is 0 Å². The van der Waals surface area contributed by atoms with Gasteiger partial charge < -0.3 is 9.47 Å². The lowest BCUT2D eigenvalue weighted by Crippen LogP contribution is -2.35. The molecule has 1 aliphatic heterocycles. The molecule has 1 aromatic rings. The minimum Gasteiger partial charge on any atom is -0.494 e. The molecule has 106 valence electrons. The number of nitrogens with zero attached hydrogens (tertiary/aromatic N) is 1. The summed E-state index contributed by atoms with van der Waals surface area (Å²) in [5.41, 5.74) is 1.34. The fraction of sp³-hybridized carbons (Fsp3) is 0.600. The van der Waals surface area contributed by atoms with E-state index in [0.717, 1.165) is 63.4 Å². The number of ether oxygens (including phenoxy) is 2. The molecule has 0 saturated carbocycles. The van der Waals surface area contributed by atoms with E-state index in [1.807, 2.05) is 0 Å². The lowest BCUT2D eigenvalue weighted by Gasteiger charge is -2.26. The molecular weight excluding hydrogens is 306 g/mol. The van der Waals surface area contributed by atoms with Crippen LogP contribution in [-0.4, -0.2) is 43.1 Å². The highest BCUT2D eigenvalue weighted by Gasteiger charge is 2.10. The second-order valence-electron chi connectivity index (χ2n) is 4.78. The maximum atomic E-state index is 5.70. The number of unbranched alkanes of at least 4 members (excludes halogenated alkanes) is 1. The van der Waals surface area contributed by atoms with E-state index in [2.05, 4.69) is 45.1 Å². The molecular formula is C15H22BrNO2. The standard InChI is InChI=1S/C15H22BrNO2/c16-7-1-2-10-19-15-5-3-14(4-6-15)13-17-8-11-18-12-9-17/h3-6H,1-2,7-13H2. The van der Waals surface area contributed by atoms with Crippen LogP contribution < -0.4 is 4.74 Å². The molecule has 0 radical (unpaired) electrons. The molecule has 0 amide bonds. The number of halogens is 1. The first-order valence-electron chi connectivity index (χ1n) is 6.96. The number of rotatable bonds is 7. The summed E-state index contributed by atoms with van der Waals surface area (Å²) in [6.45, 7) is 5.58. The Morgan fingerprint density at radius 3 is 2.53 bits per heavy atom. The molecule has 1 saturated heterocycles. The first kappa shape index (κ1) is 14.8. The van der Waals surface area contributed by atoms with Gasteiger partial charge in [0.25, 0.3) is 0 Å². The third-order valence-electron chi connectivity index (χ3n) is 3.23. The zero-order chi connectivity index (χ0) is 13.3. The van der Waals surface area contributed by atoms with Crippen LogP contribution in [0.15, 0.2) is 24.3 Å². The zero-order valence-corrected chi connectivity index (χ0v) is 12.9. The number of alkyl halides is 1. The highest BCUT2D eigenvalue weighted by atomic mass is 79.9. The number of hydrogen-bond donors (Lipinski definition) is 0. The van der Waals surface area contributed by atoms with E-state index in [-0.39, 0.29) is 0 Å². The van der Waals surface area contributed by atoms with E-state index in [4.69, 9.17) is 9.47 Å². The molecule has 1 aromatic carbocycles. The van der Waals surface area contributed by atoms with Gasteiger partial charge >= 0.3 is 0 Å². The second kappa shape index (κ2) is 8.56. The summed E-state index contributed by atoms with van der Waals surface area (Å²) in [5.74, 6) is 0.972. The fourth-order valence-electron chi connectivity index (χ4n) is 2.10. The van der Waals surface area contributed by atoms with Crippen LogP contribution >= 0.6 is 15.9 Å². The van der Waals surface area contributed by atoms with Gasteiger partial charge in [-0.15, -0.1) is 0 Å². The zero-order valence-electron chi connectivity index (χ0n) is 11.3. The van der Waals surface area contributed by atoms with Gasteiger partial charge in [-0.2, -0.15) is 0 Å². The quantitative estimate of drug-likeness (QED) is 0.567. The van der Waals surface area contributed by atoms with Gasteiger partial charge in [0.2, 0.25) is 0 Å².